The van der Waals surface area contributed by atoms with Crippen molar-refractivity contribution < 1.29 is 53.8 Å². The van der Waals surface area contributed by atoms with Crippen molar-refractivity contribution in [2.75, 3.05) is 6.61 Å². The van der Waals surface area contributed by atoms with Crippen molar-refractivity contribution >= 4 is 20.1 Å². The molecule has 1 unspecified atom stereocenters. The molecule has 1 aliphatic rings. The summed E-state index contributed by atoms with van der Waals surface area (Å²) >= 11 is 0. The lowest BCUT2D eigenvalue weighted by atomic mass is 9.88. The van der Waals surface area contributed by atoms with E-state index in [1.54, 1.807) is 0 Å². The molecule has 12 nitrogen and oxygen atoms in total. The Labute approximate surface area is 136 Å². The quantitative estimate of drug-likeness (QED) is 0.222. The number of rotatable bonds is 7. The Morgan fingerprint density at radius 3 is 2.50 bits per heavy atom. The van der Waals surface area contributed by atoms with Gasteiger partial charge in [0.15, 0.2) is 0 Å². The molecule has 0 aromatic heterocycles. The van der Waals surface area contributed by atoms with Crippen molar-refractivity contribution in [3.05, 3.63) is 0 Å². The summed E-state index contributed by atoms with van der Waals surface area (Å²) in [5.74, 6) is -5.35. The van der Waals surface area contributed by atoms with E-state index in [-0.39, 0.29) is 0 Å². The van der Waals surface area contributed by atoms with Crippen LogP contribution in [0.3, 0.4) is 0 Å². The lowest BCUT2D eigenvalue weighted by molar-refractivity contribution is -0.294. The Morgan fingerprint density at radius 1 is 1.46 bits per heavy atom. The highest BCUT2D eigenvalue weighted by Gasteiger charge is 2.54. The number of carbonyl (C=O) groups excluding carboxylic acids is 1. The minimum absolute atomic E-state index is 0.648. The minimum Gasteiger partial charge on any atom is -0.477 e. The molecule has 24 heavy (non-hydrogen) atoms. The zero-order chi connectivity index (χ0) is 18.7. The van der Waals surface area contributed by atoms with Crippen LogP contribution < -0.4 is 5.32 Å². The minimum atomic E-state index is -3.06. The van der Waals surface area contributed by atoms with Crippen LogP contribution in [0.25, 0.3) is 0 Å². The molecule has 0 aliphatic carbocycles. The molecule has 1 fully saturated rings. The van der Waals surface area contributed by atoms with Crippen LogP contribution in [0.5, 0.6) is 0 Å². The highest BCUT2D eigenvalue weighted by molar-refractivity contribution is 7.32. The zero-order valence-electron chi connectivity index (χ0n) is 12.5. The first kappa shape index (κ1) is 20.8. The normalized spacial score (nSPS) is 33.4. The molecule has 0 spiro atoms. The summed E-state index contributed by atoms with van der Waals surface area (Å²) in [5.41, 5.74) is 0. The topological polar surface area (TPSA) is 203 Å². The highest BCUT2D eigenvalue weighted by Crippen LogP contribution is 2.31. The van der Waals surface area contributed by atoms with Gasteiger partial charge in [-0.25, -0.2) is 4.79 Å². The van der Waals surface area contributed by atoms with Crippen LogP contribution in [0, 0.1) is 0 Å². The van der Waals surface area contributed by atoms with E-state index in [2.05, 4.69) is 9.84 Å². The Hall–Kier alpha value is -1.24. The van der Waals surface area contributed by atoms with Crippen LogP contribution in [-0.2, 0) is 23.4 Å². The molecule has 1 rings (SSSR count). The van der Waals surface area contributed by atoms with Crippen molar-refractivity contribution in [1.82, 2.24) is 5.32 Å². The number of amides is 1. The van der Waals surface area contributed by atoms with Gasteiger partial charge in [0.05, 0.1) is 12.1 Å². The van der Waals surface area contributed by atoms with E-state index in [1.807, 2.05) is 0 Å². The van der Waals surface area contributed by atoms with Gasteiger partial charge in [-0.1, -0.05) is 0 Å². The SMILES string of the molecule is CC(=O)N[C@H]1[C@H]([C@H](O)[C@H](O)CO[P+](=O)O)O[C@@](O)(C(=O)O)C[C@@H]1O. The Kier molecular flexibility index (Phi) is 7.13. The van der Waals surface area contributed by atoms with Gasteiger partial charge in [0.1, 0.15) is 24.9 Å². The first-order chi connectivity index (χ1) is 11.0. The molecule has 1 heterocycles. The standard InChI is InChI=1S/C11H18NO11P/c1-4(13)12-7-5(14)2-11(19,10(17)18)23-9(7)8(16)6(15)3-22-24(20)21/h5-9,14-16,19H,2-3H2,1H3,(H2-,12,13,17,18,20,21)/p+1/t5-,6+,7+,8+,9+,11+/m0/s1. The summed E-state index contributed by atoms with van der Waals surface area (Å²) in [6.45, 7) is 0.269. The van der Waals surface area contributed by atoms with Crippen LogP contribution in [0.15, 0.2) is 0 Å². The molecular formula is C11H19NO11P+. The molecule has 0 aromatic rings. The molecule has 0 saturated carbocycles. The van der Waals surface area contributed by atoms with E-state index in [0.717, 1.165) is 6.92 Å². The Balaban J connectivity index is 3.01. The number of aliphatic hydroxyl groups excluding tert-OH is 3. The largest absolute Gasteiger partial charge is 0.694 e. The number of aliphatic carboxylic acids is 1. The summed E-state index contributed by atoms with van der Waals surface area (Å²) in [7, 11) is -3.06. The van der Waals surface area contributed by atoms with E-state index >= 15 is 0 Å². The third-order valence-electron chi connectivity index (χ3n) is 3.38. The molecule has 138 valence electrons. The predicted octanol–water partition coefficient (Wildman–Crippen LogP) is -3.20. The number of hydrogen-bond acceptors (Lipinski definition) is 9. The summed E-state index contributed by atoms with van der Waals surface area (Å²) in [4.78, 5) is 30.8. The fraction of sp³-hybridized carbons (Fsp3) is 0.818. The predicted molar refractivity (Wildman–Crippen MR) is 73.5 cm³/mol. The van der Waals surface area contributed by atoms with E-state index in [1.165, 1.54) is 0 Å². The van der Waals surface area contributed by atoms with Crippen LogP contribution >= 0.6 is 8.25 Å². The molecular weight excluding hydrogens is 353 g/mol. The maximum atomic E-state index is 11.2. The van der Waals surface area contributed by atoms with Gasteiger partial charge in [0, 0.05) is 17.9 Å². The first-order valence-electron chi connectivity index (χ1n) is 6.72. The van der Waals surface area contributed by atoms with Crippen LogP contribution in [0.2, 0.25) is 0 Å². The van der Waals surface area contributed by atoms with Crippen molar-refractivity contribution in [1.29, 1.82) is 0 Å². The van der Waals surface area contributed by atoms with E-state index in [0.29, 0.717) is 0 Å². The van der Waals surface area contributed by atoms with Crippen molar-refractivity contribution in [3.8, 4) is 0 Å². The maximum absolute atomic E-state index is 11.2. The zero-order valence-corrected chi connectivity index (χ0v) is 13.4. The fourth-order valence-corrected chi connectivity index (χ4v) is 2.55. The number of carboxylic acids is 1. The van der Waals surface area contributed by atoms with Crippen LogP contribution in [0.1, 0.15) is 13.3 Å². The second-order valence-corrected chi connectivity index (χ2v) is 6.00. The molecule has 0 radical (unpaired) electrons. The Bertz CT molecular complexity index is 502. The monoisotopic (exact) mass is 372 g/mol. The lowest BCUT2D eigenvalue weighted by Gasteiger charge is -2.44. The second-order valence-electron chi connectivity index (χ2n) is 5.26. The number of carbonyl (C=O) groups is 2. The summed E-state index contributed by atoms with van der Waals surface area (Å²) in [6.07, 6.45) is -7.95. The highest BCUT2D eigenvalue weighted by atomic mass is 31.1. The molecule has 0 bridgehead atoms. The molecule has 1 saturated heterocycles. The smallest absolute Gasteiger partial charge is 0.477 e. The molecule has 13 heteroatoms. The Morgan fingerprint density at radius 2 is 2.04 bits per heavy atom. The third-order valence-corrected chi connectivity index (χ3v) is 3.75. The van der Waals surface area contributed by atoms with Crippen molar-refractivity contribution in [3.63, 3.8) is 0 Å². The fourth-order valence-electron chi connectivity index (χ4n) is 2.27. The number of nitrogens with one attached hydrogen (secondary N) is 1. The van der Waals surface area contributed by atoms with Crippen molar-refractivity contribution in [2.24, 2.45) is 0 Å². The van der Waals surface area contributed by atoms with Gasteiger partial charge < -0.3 is 35.6 Å². The van der Waals surface area contributed by atoms with E-state index < -0.39 is 69.4 Å². The number of carboxylic acid groups (broad SMARTS) is 1. The van der Waals surface area contributed by atoms with Gasteiger partial charge >= 0.3 is 14.2 Å². The van der Waals surface area contributed by atoms with Crippen LogP contribution in [-0.4, -0.2) is 85.2 Å². The average Bonchev–Trinajstić information content (AvgIpc) is 2.46. The summed E-state index contributed by atoms with van der Waals surface area (Å²) < 4.78 is 19.6. The van der Waals surface area contributed by atoms with Gasteiger partial charge in [-0.05, 0) is 0 Å². The molecule has 7 atom stereocenters. The van der Waals surface area contributed by atoms with E-state index in [9.17, 15) is 34.6 Å². The lowest BCUT2D eigenvalue weighted by Crippen LogP contribution is -2.67. The van der Waals surface area contributed by atoms with Gasteiger partial charge in [-0.3, -0.25) is 4.79 Å². The molecule has 7 N–H and O–H groups in total. The number of hydrogen-bond donors (Lipinski definition) is 7. The first-order valence-corrected chi connectivity index (χ1v) is 7.85. The van der Waals surface area contributed by atoms with Gasteiger partial charge in [-0.2, -0.15) is 0 Å². The second kappa shape index (κ2) is 8.23. The van der Waals surface area contributed by atoms with Crippen LogP contribution in [0.4, 0.5) is 0 Å². The number of aliphatic hydroxyl groups is 4. The van der Waals surface area contributed by atoms with Gasteiger partial charge in [0.25, 0.3) is 5.79 Å². The molecule has 1 amide bonds. The summed E-state index contributed by atoms with van der Waals surface area (Å²) in [5, 5.41) is 50.9. The van der Waals surface area contributed by atoms with Gasteiger partial charge in [-0.15, -0.1) is 9.42 Å². The molecule has 1 aliphatic heterocycles. The van der Waals surface area contributed by atoms with Crippen molar-refractivity contribution in [2.45, 2.75) is 49.6 Å². The molecule has 0 aromatic carbocycles. The maximum Gasteiger partial charge on any atom is 0.694 e. The summed E-state index contributed by atoms with van der Waals surface area (Å²) in [6, 6.07) is -1.35. The number of ether oxygens (including phenoxy) is 1. The average molecular weight is 372 g/mol. The van der Waals surface area contributed by atoms with E-state index in [4.69, 9.17) is 14.7 Å². The van der Waals surface area contributed by atoms with Gasteiger partial charge in [0.2, 0.25) is 5.91 Å². The third kappa shape index (κ3) is 5.13.